The standard InChI is InChI=1S/3Fe.7N.3Zr/q3*+3;7*-3;3*+4. The molecule has 0 rings (SSSR count). The molecule has 0 aliphatic heterocycles. The summed E-state index contributed by atoms with van der Waals surface area (Å²) in [6, 6.07) is 0. The molecular weight excluding hydrogens is 539 g/mol. The summed E-state index contributed by atoms with van der Waals surface area (Å²) in [6.07, 6.45) is 0. The summed E-state index contributed by atoms with van der Waals surface area (Å²) in [4.78, 5) is 0. The summed E-state index contributed by atoms with van der Waals surface area (Å²) in [5, 5.41) is 0. The van der Waals surface area contributed by atoms with Crippen molar-refractivity contribution in [3.05, 3.63) is 43.1 Å². The average molecular weight is 539 g/mol. The monoisotopic (exact) mass is 536 g/mol. The van der Waals surface area contributed by atoms with E-state index in [0.717, 1.165) is 0 Å². The predicted molar refractivity (Wildman–Crippen MR) is 23.5 cm³/mol. The quantitative estimate of drug-likeness (QED) is 0.404. The molecule has 0 aliphatic carbocycles. The average Bonchev–Trinajstić information content (AvgIpc) is 0. The number of nitrogens with zero attached hydrogens (tertiary/aromatic N) is 7. The predicted octanol–water partition coefficient (Wildman–Crippen LogP) is 2.01. The van der Waals surface area contributed by atoms with Gasteiger partial charge >= 0.3 is 130 Å². The van der Waals surface area contributed by atoms with Gasteiger partial charge in [-0.15, -0.1) is 0 Å². The van der Waals surface area contributed by atoms with E-state index in [1.165, 1.54) is 0 Å². The summed E-state index contributed by atoms with van der Waals surface area (Å²) in [6.45, 7) is 0. The SMILES string of the molecule is [Fe+3].[Fe+3].[Fe+3].[N-3].[N-3].[N-3].[N-3].[N-3].[N-3].[N-3].[Zr+4].[Zr+4].[Zr+4]. The minimum Gasteiger partial charge on any atom is -3.00 e. The second-order valence-corrected chi connectivity index (χ2v) is 0. The van der Waals surface area contributed by atoms with Gasteiger partial charge in [-0.3, -0.25) is 0 Å². The van der Waals surface area contributed by atoms with Gasteiger partial charge in [-0.25, -0.2) is 0 Å². The maximum Gasteiger partial charge on any atom is 4.00 e. The van der Waals surface area contributed by atoms with Crippen LogP contribution < -0.4 is 0 Å². The Morgan fingerprint density at radius 3 is 0.231 bits per heavy atom. The van der Waals surface area contributed by atoms with E-state index in [-0.39, 0.29) is 173 Å². The van der Waals surface area contributed by atoms with Crippen molar-refractivity contribution in [1.29, 1.82) is 0 Å². The van der Waals surface area contributed by atoms with E-state index in [2.05, 4.69) is 0 Å². The normalized spacial score (nSPS) is 0. The van der Waals surface area contributed by atoms with Crippen LogP contribution in [0, 0.1) is 0 Å². The zero-order valence-electron chi connectivity index (χ0n) is 5.69. The smallest absolute Gasteiger partial charge is 3.00 e. The van der Waals surface area contributed by atoms with Crippen LogP contribution in [-0.4, -0.2) is 0 Å². The summed E-state index contributed by atoms with van der Waals surface area (Å²) >= 11 is 0. The molecule has 3 radical (unpaired) electrons. The second kappa shape index (κ2) is 230. The van der Waals surface area contributed by atoms with Crippen molar-refractivity contribution in [3.63, 3.8) is 0 Å². The first kappa shape index (κ1) is 278. The van der Waals surface area contributed by atoms with Crippen molar-refractivity contribution in [2.45, 2.75) is 0 Å². The van der Waals surface area contributed by atoms with Crippen LogP contribution in [0.15, 0.2) is 0 Å². The van der Waals surface area contributed by atoms with Crippen LogP contribution in [0.25, 0.3) is 43.1 Å². The third-order valence-corrected chi connectivity index (χ3v) is 0. The van der Waals surface area contributed by atoms with Gasteiger partial charge in [0.25, 0.3) is 0 Å². The fourth-order valence-electron chi connectivity index (χ4n) is 0. The van der Waals surface area contributed by atoms with E-state index in [1.807, 2.05) is 0 Å². The Hall–Kier alpha value is 3.93. The Bertz CT molecular complexity index is 18.9. The third-order valence-electron chi connectivity index (χ3n) is 0. The summed E-state index contributed by atoms with van der Waals surface area (Å²) in [7, 11) is 0. The molecule has 0 heterocycles. The first-order chi connectivity index (χ1) is 0. The van der Waals surface area contributed by atoms with Gasteiger partial charge < -0.3 is 43.1 Å². The Labute approximate surface area is 170 Å². The molecular formula is Fe3N7Zr3. The zero-order chi connectivity index (χ0) is 0. The molecule has 13 heavy (non-hydrogen) atoms. The van der Waals surface area contributed by atoms with Crippen LogP contribution in [0.2, 0.25) is 0 Å². The Morgan fingerprint density at radius 1 is 0.231 bits per heavy atom. The molecule has 71 valence electrons. The van der Waals surface area contributed by atoms with Gasteiger partial charge in [0.15, 0.2) is 0 Å². The topological polar surface area (TPSA) is 214 Å². The zero-order valence-corrected chi connectivity index (χ0v) is 16.4. The van der Waals surface area contributed by atoms with Gasteiger partial charge in [0.2, 0.25) is 0 Å². The van der Waals surface area contributed by atoms with E-state index in [9.17, 15) is 0 Å². The van der Waals surface area contributed by atoms with Gasteiger partial charge in [-0.2, -0.15) is 0 Å². The van der Waals surface area contributed by atoms with Gasteiger partial charge in [0.05, 0.1) is 0 Å². The van der Waals surface area contributed by atoms with Crippen molar-refractivity contribution < 1.29 is 130 Å². The number of hydrogen-bond donors (Lipinski definition) is 0. The second-order valence-electron chi connectivity index (χ2n) is 0. The minimum absolute atomic E-state index is 0. The van der Waals surface area contributed by atoms with E-state index in [4.69, 9.17) is 0 Å². The molecule has 0 saturated carbocycles. The van der Waals surface area contributed by atoms with E-state index in [0.29, 0.717) is 0 Å². The Morgan fingerprint density at radius 2 is 0.231 bits per heavy atom. The van der Waals surface area contributed by atoms with Crippen molar-refractivity contribution in [2.24, 2.45) is 0 Å². The van der Waals surface area contributed by atoms with Crippen molar-refractivity contribution >= 4 is 0 Å². The maximum atomic E-state index is 0. The molecule has 0 spiro atoms. The Balaban J connectivity index is 0. The molecule has 13 heteroatoms. The molecule has 0 aromatic carbocycles. The number of rotatable bonds is 0. The molecule has 0 saturated heterocycles. The molecule has 0 aromatic heterocycles. The summed E-state index contributed by atoms with van der Waals surface area (Å²) in [5.41, 5.74) is 0. The molecule has 0 atom stereocenters. The molecule has 0 fully saturated rings. The summed E-state index contributed by atoms with van der Waals surface area (Å²) < 4.78 is 0. The van der Waals surface area contributed by atoms with Crippen LogP contribution in [0.3, 0.4) is 0 Å². The first-order valence-corrected chi connectivity index (χ1v) is 0. The van der Waals surface area contributed by atoms with Crippen LogP contribution in [0.4, 0.5) is 0 Å². The van der Waals surface area contributed by atoms with Gasteiger partial charge in [0.1, 0.15) is 0 Å². The number of hydrogen-bond acceptors (Lipinski definition) is 0. The fraction of sp³-hybridized carbons (Fsp3) is 0. The molecule has 0 amide bonds. The molecule has 0 N–H and O–H groups in total. The maximum absolute atomic E-state index is 0. The van der Waals surface area contributed by atoms with Crippen LogP contribution in [-0.2, 0) is 130 Å². The molecule has 0 aromatic rings. The molecule has 0 unspecified atom stereocenters. The van der Waals surface area contributed by atoms with E-state index < -0.39 is 0 Å². The largest absolute Gasteiger partial charge is 4.00 e. The van der Waals surface area contributed by atoms with Crippen LogP contribution in [0.5, 0.6) is 0 Å². The minimum atomic E-state index is 0. The van der Waals surface area contributed by atoms with Crippen LogP contribution >= 0.6 is 0 Å². The Kier molecular flexibility index (Phi) is 4930. The van der Waals surface area contributed by atoms with Crippen LogP contribution in [0.1, 0.15) is 0 Å². The van der Waals surface area contributed by atoms with E-state index in [1.54, 1.807) is 0 Å². The summed E-state index contributed by atoms with van der Waals surface area (Å²) in [5.74, 6) is 0. The molecule has 0 aliphatic rings. The van der Waals surface area contributed by atoms with Gasteiger partial charge in [-0.1, -0.05) is 0 Å². The van der Waals surface area contributed by atoms with Gasteiger partial charge in [0, 0.05) is 0 Å². The van der Waals surface area contributed by atoms with Crippen molar-refractivity contribution in [2.75, 3.05) is 0 Å². The fourth-order valence-corrected chi connectivity index (χ4v) is 0. The van der Waals surface area contributed by atoms with Crippen molar-refractivity contribution in [1.82, 2.24) is 0 Å². The first-order valence-electron chi connectivity index (χ1n) is 0. The molecule has 7 nitrogen and oxygen atoms in total. The van der Waals surface area contributed by atoms with Crippen molar-refractivity contribution in [3.8, 4) is 0 Å². The molecule has 0 bridgehead atoms. The third kappa shape index (κ3) is 200. The van der Waals surface area contributed by atoms with Gasteiger partial charge in [-0.05, 0) is 0 Å². The van der Waals surface area contributed by atoms with E-state index >= 15 is 0 Å².